The second-order valence-corrected chi connectivity index (χ2v) is 7.12. The predicted molar refractivity (Wildman–Crippen MR) is 106 cm³/mol. The molecule has 0 saturated carbocycles. The Morgan fingerprint density at radius 3 is 2.96 bits per heavy atom. The molecule has 0 saturated heterocycles. The second kappa shape index (κ2) is 6.96. The number of benzene rings is 1. The molecule has 5 rings (SSSR count). The Bertz CT molecular complexity index is 1130. The van der Waals surface area contributed by atoms with Gasteiger partial charge in [-0.15, -0.1) is 0 Å². The lowest BCUT2D eigenvalue weighted by molar-refractivity contribution is -0.123. The SMILES string of the molecule is O=C(NCc1cc(-c2ccccn2)no1)[C@@H]1CCCc2c1[nH]c1ccccc21. The number of carbonyl (C=O) groups excluding carboxylic acids is 1. The van der Waals surface area contributed by atoms with Crippen molar-refractivity contribution in [3.63, 3.8) is 0 Å². The summed E-state index contributed by atoms with van der Waals surface area (Å²) in [7, 11) is 0. The van der Waals surface area contributed by atoms with E-state index in [0.717, 1.165) is 36.2 Å². The lowest BCUT2D eigenvalue weighted by Crippen LogP contribution is -2.31. The van der Waals surface area contributed by atoms with Crippen LogP contribution in [0.5, 0.6) is 0 Å². The van der Waals surface area contributed by atoms with E-state index in [1.807, 2.05) is 36.4 Å². The number of carbonyl (C=O) groups is 1. The summed E-state index contributed by atoms with van der Waals surface area (Å²) in [6.07, 6.45) is 4.59. The van der Waals surface area contributed by atoms with E-state index in [1.165, 1.54) is 10.9 Å². The first-order chi connectivity index (χ1) is 13.8. The molecule has 2 N–H and O–H groups in total. The lowest BCUT2D eigenvalue weighted by atomic mass is 9.86. The minimum Gasteiger partial charge on any atom is -0.359 e. The van der Waals surface area contributed by atoms with Crippen LogP contribution in [0.15, 0.2) is 59.3 Å². The molecule has 140 valence electrons. The highest BCUT2D eigenvalue weighted by atomic mass is 16.5. The summed E-state index contributed by atoms with van der Waals surface area (Å²) >= 11 is 0. The number of fused-ring (bicyclic) bond motifs is 3. The topological polar surface area (TPSA) is 83.8 Å². The molecule has 1 aliphatic carbocycles. The molecule has 0 aliphatic heterocycles. The first-order valence-corrected chi connectivity index (χ1v) is 9.54. The summed E-state index contributed by atoms with van der Waals surface area (Å²) in [6.45, 7) is 0.310. The third-order valence-corrected chi connectivity index (χ3v) is 5.35. The molecule has 3 heterocycles. The monoisotopic (exact) mass is 372 g/mol. The van der Waals surface area contributed by atoms with Gasteiger partial charge < -0.3 is 14.8 Å². The molecule has 4 aromatic rings. The van der Waals surface area contributed by atoms with Crippen molar-refractivity contribution in [3.8, 4) is 11.4 Å². The van der Waals surface area contributed by atoms with Gasteiger partial charge in [-0.1, -0.05) is 29.4 Å². The first-order valence-electron chi connectivity index (χ1n) is 9.54. The molecule has 0 radical (unpaired) electrons. The van der Waals surface area contributed by atoms with Crippen LogP contribution in [0.4, 0.5) is 0 Å². The number of hydrogen-bond donors (Lipinski definition) is 2. The van der Waals surface area contributed by atoms with E-state index in [2.05, 4.69) is 32.6 Å². The zero-order valence-electron chi connectivity index (χ0n) is 15.3. The van der Waals surface area contributed by atoms with E-state index in [-0.39, 0.29) is 11.8 Å². The van der Waals surface area contributed by atoms with Crippen molar-refractivity contribution in [2.45, 2.75) is 31.7 Å². The number of para-hydroxylation sites is 1. The van der Waals surface area contributed by atoms with E-state index in [4.69, 9.17) is 4.52 Å². The standard InChI is InChI=1S/C22H20N4O2/c27-22(24-13-14-12-20(26-28-14)19-10-3-4-11-23-19)17-8-5-7-16-15-6-1-2-9-18(15)25-21(16)17/h1-4,6,9-12,17,25H,5,7-8,13H2,(H,24,27)/t17-/m1/s1. The number of hydrogen-bond acceptors (Lipinski definition) is 4. The Balaban J connectivity index is 1.32. The summed E-state index contributed by atoms with van der Waals surface area (Å²) in [4.78, 5) is 20.6. The molecule has 1 atom stereocenters. The van der Waals surface area contributed by atoms with Crippen molar-refractivity contribution < 1.29 is 9.32 Å². The summed E-state index contributed by atoms with van der Waals surface area (Å²) in [5.74, 6) is 0.472. The van der Waals surface area contributed by atoms with Gasteiger partial charge in [-0.05, 0) is 43.0 Å². The summed E-state index contributed by atoms with van der Waals surface area (Å²) in [5.41, 5.74) is 4.84. The molecule has 0 bridgehead atoms. The van der Waals surface area contributed by atoms with Crippen LogP contribution < -0.4 is 5.32 Å². The number of nitrogens with one attached hydrogen (secondary N) is 2. The number of aryl methyl sites for hydroxylation is 1. The van der Waals surface area contributed by atoms with Crippen molar-refractivity contribution in [1.29, 1.82) is 0 Å². The van der Waals surface area contributed by atoms with Gasteiger partial charge in [0.15, 0.2) is 5.76 Å². The van der Waals surface area contributed by atoms with Crippen molar-refractivity contribution in [1.82, 2.24) is 20.4 Å². The molecule has 0 fully saturated rings. The van der Waals surface area contributed by atoms with Crippen LogP contribution in [0.2, 0.25) is 0 Å². The Labute approximate surface area is 162 Å². The van der Waals surface area contributed by atoms with Gasteiger partial charge in [0.25, 0.3) is 0 Å². The second-order valence-electron chi connectivity index (χ2n) is 7.12. The number of pyridine rings is 1. The van der Waals surface area contributed by atoms with Gasteiger partial charge in [0.2, 0.25) is 5.91 Å². The van der Waals surface area contributed by atoms with Gasteiger partial charge in [0.05, 0.1) is 18.2 Å². The molecule has 6 heteroatoms. The van der Waals surface area contributed by atoms with Crippen LogP contribution in [0.3, 0.4) is 0 Å². The zero-order valence-corrected chi connectivity index (χ0v) is 15.3. The molecule has 28 heavy (non-hydrogen) atoms. The molecule has 1 aliphatic rings. The number of nitrogens with zero attached hydrogens (tertiary/aromatic N) is 2. The third-order valence-electron chi connectivity index (χ3n) is 5.35. The van der Waals surface area contributed by atoms with Crippen LogP contribution in [0.25, 0.3) is 22.3 Å². The fourth-order valence-corrected chi connectivity index (χ4v) is 4.01. The Morgan fingerprint density at radius 2 is 2.07 bits per heavy atom. The highest BCUT2D eigenvalue weighted by Gasteiger charge is 2.29. The molecule has 6 nitrogen and oxygen atoms in total. The van der Waals surface area contributed by atoms with E-state index in [9.17, 15) is 4.79 Å². The van der Waals surface area contributed by atoms with Crippen molar-refractivity contribution in [2.75, 3.05) is 0 Å². The van der Waals surface area contributed by atoms with Gasteiger partial charge >= 0.3 is 0 Å². The fourth-order valence-electron chi connectivity index (χ4n) is 4.01. The molecule has 0 spiro atoms. The lowest BCUT2D eigenvalue weighted by Gasteiger charge is -2.21. The normalized spacial score (nSPS) is 16.1. The van der Waals surface area contributed by atoms with Gasteiger partial charge in [-0.25, -0.2) is 0 Å². The molecular weight excluding hydrogens is 352 g/mol. The maximum Gasteiger partial charge on any atom is 0.229 e. The Kier molecular flexibility index (Phi) is 4.16. The van der Waals surface area contributed by atoms with Gasteiger partial charge in [-0.3, -0.25) is 9.78 Å². The van der Waals surface area contributed by atoms with E-state index < -0.39 is 0 Å². The van der Waals surface area contributed by atoms with Crippen molar-refractivity contribution in [3.05, 3.63) is 71.7 Å². The highest BCUT2D eigenvalue weighted by Crippen LogP contribution is 2.36. The van der Waals surface area contributed by atoms with Crippen LogP contribution in [0, 0.1) is 0 Å². The molecule has 3 aromatic heterocycles. The van der Waals surface area contributed by atoms with Gasteiger partial charge in [0.1, 0.15) is 5.69 Å². The molecular formula is C22H20N4O2. The summed E-state index contributed by atoms with van der Waals surface area (Å²) in [6, 6.07) is 15.7. The maximum absolute atomic E-state index is 12.9. The summed E-state index contributed by atoms with van der Waals surface area (Å²) in [5, 5.41) is 8.28. The largest absolute Gasteiger partial charge is 0.359 e. The maximum atomic E-state index is 12.9. The minimum absolute atomic E-state index is 0.0169. The highest BCUT2D eigenvalue weighted by molar-refractivity contribution is 5.90. The number of amides is 1. The fraction of sp³-hybridized carbons (Fsp3) is 0.227. The van der Waals surface area contributed by atoms with E-state index in [0.29, 0.717) is 18.0 Å². The minimum atomic E-state index is -0.158. The van der Waals surface area contributed by atoms with Crippen LogP contribution in [-0.2, 0) is 17.8 Å². The summed E-state index contributed by atoms with van der Waals surface area (Å²) < 4.78 is 5.36. The van der Waals surface area contributed by atoms with Crippen molar-refractivity contribution in [2.24, 2.45) is 0 Å². The Hall–Kier alpha value is -3.41. The van der Waals surface area contributed by atoms with E-state index in [1.54, 1.807) is 6.20 Å². The number of H-pyrrole nitrogens is 1. The molecule has 0 unspecified atom stereocenters. The number of aromatic nitrogens is 3. The molecule has 1 amide bonds. The van der Waals surface area contributed by atoms with Crippen LogP contribution in [0.1, 0.15) is 35.8 Å². The first kappa shape index (κ1) is 16.7. The Morgan fingerprint density at radius 1 is 1.18 bits per heavy atom. The van der Waals surface area contributed by atoms with Gasteiger partial charge in [0, 0.05) is 28.9 Å². The zero-order chi connectivity index (χ0) is 18.9. The van der Waals surface area contributed by atoms with Crippen LogP contribution >= 0.6 is 0 Å². The quantitative estimate of drug-likeness (QED) is 0.568. The average molecular weight is 372 g/mol. The van der Waals surface area contributed by atoms with Crippen molar-refractivity contribution >= 4 is 16.8 Å². The smallest absolute Gasteiger partial charge is 0.229 e. The predicted octanol–water partition coefficient (Wildman–Crippen LogP) is 3.95. The molecule has 1 aromatic carbocycles. The average Bonchev–Trinajstić information content (AvgIpc) is 3.37. The third kappa shape index (κ3) is 2.97. The van der Waals surface area contributed by atoms with Crippen LogP contribution in [-0.4, -0.2) is 21.0 Å². The number of aromatic amines is 1. The number of rotatable bonds is 4. The van der Waals surface area contributed by atoms with E-state index >= 15 is 0 Å². The van der Waals surface area contributed by atoms with Gasteiger partial charge in [-0.2, -0.15) is 0 Å².